The number of aliphatic carboxylic acids is 1. The summed E-state index contributed by atoms with van der Waals surface area (Å²) < 4.78 is 39.1. The van der Waals surface area contributed by atoms with E-state index in [-0.39, 0.29) is 6.42 Å². The number of hydrogen-bond donors (Lipinski definition) is 1. The molecule has 1 aromatic rings. The van der Waals surface area contributed by atoms with E-state index in [9.17, 15) is 22.7 Å². The van der Waals surface area contributed by atoms with E-state index in [0.29, 0.717) is 5.75 Å². The minimum absolute atomic E-state index is 0.0666. The van der Waals surface area contributed by atoms with Crippen molar-refractivity contribution in [2.75, 3.05) is 12.0 Å². The summed E-state index contributed by atoms with van der Waals surface area (Å²) in [6, 6.07) is 3.38. The third-order valence-corrected chi connectivity index (χ3v) is 4.47. The van der Waals surface area contributed by atoms with Crippen LogP contribution in [0.15, 0.2) is 29.2 Å². The maximum atomic E-state index is 13.4. The number of halogens is 1. The molecule has 0 saturated carbocycles. The number of carboxylic acid groups (broad SMARTS) is 1. The summed E-state index contributed by atoms with van der Waals surface area (Å²) in [6.07, 6.45) is 1.83. The summed E-state index contributed by atoms with van der Waals surface area (Å²) in [5.41, 5.74) is 0. The van der Waals surface area contributed by atoms with Gasteiger partial charge in [-0.15, -0.1) is 0 Å². The zero-order valence-corrected chi connectivity index (χ0v) is 11.8. The highest BCUT2D eigenvalue weighted by atomic mass is 32.2. The Labute approximate surface area is 115 Å². The first kappa shape index (κ1) is 15.9. The van der Waals surface area contributed by atoms with Crippen molar-refractivity contribution in [3.05, 3.63) is 30.1 Å². The molecule has 0 aliphatic carbocycles. The van der Waals surface area contributed by atoms with Gasteiger partial charge in [-0.3, -0.25) is 0 Å². The summed E-state index contributed by atoms with van der Waals surface area (Å²) in [6.45, 7) is 0. The largest absolute Gasteiger partial charge is 0.548 e. The molecule has 0 aromatic heterocycles. The van der Waals surface area contributed by atoms with Crippen LogP contribution in [0.25, 0.3) is 0 Å². The second-order valence-electron chi connectivity index (χ2n) is 3.70. The van der Waals surface area contributed by atoms with Crippen molar-refractivity contribution in [1.29, 1.82) is 0 Å². The van der Waals surface area contributed by atoms with Crippen LogP contribution in [0.1, 0.15) is 6.42 Å². The van der Waals surface area contributed by atoms with Gasteiger partial charge in [0.1, 0.15) is 10.7 Å². The molecule has 0 heterocycles. The molecular formula is C11H13FNO4S2-. The van der Waals surface area contributed by atoms with Crippen molar-refractivity contribution in [2.24, 2.45) is 0 Å². The van der Waals surface area contributed by atoms with E-state index in [2.05, 4.69) is 0 Å². The molecule has 0 amide bonds. The quantitative estimate of drug-likeness (QED) is 0.765. The Balaban J connectivity index is 2.95. The van der Waals surface area contributed by atoms with Crippen molar-refractivity contribution in [2.45, 2.75) is 17.4 Å². The third kappa shape index (κ3) is 4.48. The highest BCUT2D eigenvalue weighted by Gasteiger charge is 2.23. The van der Waals surface area contributed by atoms with E-state index < -0.39 is 32.7 Å². The van der Waals surface area contributed by atoms with E-state index in [1.165, 1.54) is 23.9 Å². The number of thioether (sulfide) groups is 1. The highest BCUT2D eigenvalue weighted by Crippen LogP contribution is 2.14. The number of hydrogen-bond acceptors (Lipinski definition) is 5. The van der Waals surface area contributed by atoms with Crippen LogP contribution in [0, 0.1) is 5.82 Å². The van der Waals surface area contributed by atoms with E-state index in [1.807, 2.05) is 4.72 Å². The lowest BCUT2D eigenvalue weighted by atomic mass is 10.2. The van der Waals surface area contributed by atoms with Crippen molar-refractivity contribution >= 4 is 27.8 Å². The number of carbonyl (C=O) groups excluding carboxylic acids is 1. The molecule has 0 saturated heterocycles. The van der Waals surface area contributed by atoms with Crippen LogP contribution >= 0.6 is 11.8 Å². The third-order valence-electron chi connectivity index (χ3n) is 2.32. The van der Waals surface area contributed by atoms with Crippen LogP contribution < -0.4 is 9.83 Å². The first-order chi connectivity index (χ1) is 8.88. The van der Waals surface area contributed by atoms with Crippen molar-refractivity contribution in [3.8, 4) is 0 Å². The summed E-state index contributed by atoms with van der Waals surface area (Å²) in [4.78, 5) is 10.3. The molecule has 0 radical (unpaired) electrons. The Morgan fingerprint density at radius 2 is 2.11 bits per heavy atom. The van der Waals surface area contributed by atoms with Crippen molar-refractivity contribution in [1.82, 2.24) is 4.72 Å². The van der Waals surface area contributed by atoms with Crippen molar-refractivity contribution < 1.29 is 22.7 Å². The maximum absolute atomic E-state index is 13.4. The standard InChI is InChI=1S/C11H14FNO4S2/c1-18-7-6-9(11(14)15)13-19(16,17)10-5-3-2-4-8(10)12/h2-5,9,13H,6-7H2,1H3,(H,14,15)/p-1/t9-/m0/s1. The van der Waals surface area contributed by atoms with Crippen molar-refractivity contribution in [3.63, 3.8) is 0 Å². The lowest BCUT2D eigenvalue weighted by Gasteiger charge is -2.19. The average molecular weight is 306 g/mol. The molecule has 1 aromatic carbocycles. The topological polar surface area (TPSA) is 86.3 Å². The Kier molecular flexibility index (Phi) is 5.77. The first-order valence-electron chi connectivity index (χ1n) is 5.35. The Hall–Kier alpha value is -1.12. The molecule has 0 aliphatic heterocycles. The van der Waals surface area contributed by atoms with Crippen LogP contribution in [0.2, 0.25) is 0 Å². The van der Waals surface area contributed by atoms with Crippen LogP contribution in [0.5, 0.6) is 0 Å². The van der Waals surface area contributed by atoms with Gasteiger partial charge >= 0.3 is 0 Å². The fourth-order valence-electron chi connectivity index (χ4n) is 1.37. The van der Waals surface area contributed by atoms with E-state index in [1.54, 1.807) is 6.26 Å². The molecule has 5 nitrogen and oxygen atoms in total. The van der Waals surface area contributed by atoms with Gasteiger partial charge in [0, 0.05) is 0 Å². The molecule has 1 N–H and O–H groups in total. The SMILES string of the molecule is CSCC[C@H](NS(=O)(=O)c1ccccc1F)C(=O)[O-]. The predicted molar refractivity (Wildman–Crippen MR) is 68.5 cm³/mol. The zero-order valence-electron chi connectivity index (χ0n) is 10.1. The molecule has 1 rings (SSSR count). The summed E-state index contributed by atoms with van der Waals surface area (Å²) in [5, 5.41) is 10.9. The van der Waals surface area contributed by atoms with Gasteiger partial charge in [0.2, 0.25) is 10.0 Å². The van der Waals surface area contributed by atoms with E-state index in [0.717, 1.165) is 12.1 Å². The number of carbonyl (C=O) groups is 1. The van der Waals surface area contributed by atoms with E-state index in [4.69, 9.17) is 0 Å². The molecule has 0 aliphatic rings. The van der Waals surface area contributed by atoms with Gasteiger partial charge in [-0.05, 0) is 30.6 Å². The second-order valence-corrected chi connectivity index (χ2v) is 6.37. The lowest BCUT2D eigenvalue weighted by Crippen LogP contribution is -2.48. The number of benzene rings is 1. The summed E-state index contributed by atoms with van der Waals surface area (Å²) in [5.74, 6) is -2.02. The number of sulfonamides is 1. The summed E-state index contributed by atoms with van der Waals surface area (Å²) >= 11 is 1.37. The van der Waals surface area contributed by atoms with Gasteiger partial charge in [0.05, 0.1) is 12.0 Å². The molecule has 0 spiro atoms. The van der Waals surface area contributed by atoms with Gasteiger partial charge in [0.25, 0.3) is 0 Å². The predicted octanol–water partition coefficient (Wildman–Crippen LogP) is -0.0244. The Morgan fingerprint density at radius 3 is 2.63 bits per heavy atom. The molecule has 0 unspecified atom stereocenters. The zero-order chi connectivity index (χ0) is 14.5. The number of rotatable bonds is 7. The van der Waals surface area contributed by atoms with Gasteiger partial charge in [-0.1, -0.05) is 12.1 Å². The minimum Gasteiger partial charge on any atom is -0.548 e. The monoisotopic (exact) mass is 306 g/mol. The number of nitrogens with one attached hydrogen (secondary N) is 1. The first-order valence-corrected chi connectivity index (χ1v) is 8.23. The minimum atomic E-state index is -4.22. The average Bonchev–Trinajstić information content (AvgIpc) is 2.34. The maximum Gasteiger partial charge on any atom is 0.244 e. The van der Waals surface area contributed by atoms with E-state index >= 15 is 0 Å². The smallest absolute Gasteiger partial charge is 0.244 e. The van der Waals surface area contributed by atoms with Crippen LogP contribution in [-0.2, 0) is 14.8 Å². The van der Waals surface area contributed by atoms with Gasteiger partial charge < -0.3 is 9.90 Å². The van der Waals surface area contributed by atoms with Gasteiger partial charge in [-0.2, -0.15) is 11.8 Å². The number of carboxylic acids is 1. The molecule has 0 bridgehead atoms. The van der Waals surface area contributed by atoms with Crippen LogP contribution in [0.4, 0.5) is 4.39 Å². The molecule has 8 heteroatoms. The molecule has 1 atom stereocenters. The second kappa shape index (κ2) is 6.88. The molecule has 19 heavy (non-hydrogen) atoms. The molecule has 0 fully saturated rings. The Bertz CT molecular complexity index is 547. The molecule has 106 valence electrons. The van der Waals surface area contributed by atoms with Crippen LogP contribution in [-0.4, -0.2) is 32.4 Å². The van der Waals surface area contributed by atoms with Gasteiger partial charge in [-0.25, -0.2) is 17.5 Å². The lowest BCUT2D eigenvalue weighted by molar-refractivity contribution is -0.308. The fourth-order valence-corrected chi connectivity index (χ4v) is 3.14. The highest BCUT2D eigenvalue weighted by molar-refractivity contribution is 7.98. The fraction of sp³-hybridized carbons (Fsp3) is 0.364. The Morgan fingerprint density at radius 1 is 1.47 bits per heavy atom. The summed E-state index contributed by atoms with van der Waals surface area (Å²) in [7, 11) is -4.22. The van der Waals surface area contributed by atoms with Gasteiger partial charge in [0.15, 0.2) is 0 Å². The normalized spacial score (nSPS) is 13.2. The molecular weight excluding hydrogens is 293 g/mol. The van der Waals surface area contributed by atoms with Crippen LogP contribution in [0.3, 0.4) is 0 Å².